The van der Waals surface area contributed by atoms with Gasteiger partial charge in [0.15, 0.2) is 6.10 Å². The van der Waals surface area contributed by atoms with Crippen molar-refractivity contribution in [3.8, 4) is 5.75 Å². The van der Waals surface area contributed by atoms with E-state index >= 15 is 0 Å². The van der Waals surface area contributed by atoms with Gasteiger partial charge < -0.3 is 9.64 Å². The Morgan fingerprint density at radius 2 is 1.91 bits per heavy atom. The molecule has 1 aromatic carbocycles. The van der Waals surface area contributed by atoms with Crippen molar-refractivity contribution in [3.63, 3.8) is 0 Å². The van der Waals surface area contributed by atoms with Crippen molar-refractivity contribution in [3.05, 3.63) is 29.8 Å². The maximum atomic E-state index is 12.5. The molecular formula is C19H29NO2. The van der Waals surface area contributed by atoms with Gasteiger partial charge in [-0.2, -0.15) is 0 Å². The number of hydrogen-bond acceptors (Lipinski definition) is 2. The number of carbonyl (C=O) groups is 1. The molecule has 1 aliphatic rings. The minimum Gasteiger partial charge on any atom is -0.481 e. The first kappa shape index (κ1) is 16.9. The highest BCUT2D eigenvalue weighted by atomic mass is 16.5. The zero-order valence-electron chi connectivity index (χ0n) is 14.6. The fraction of sp³-hybridized carbons (Fsp3) is 0.632. The third-order valence-electron chi connectivity index (χ3n) is 4.35. The van der Waals surface area contributed by atoms with Crippen LogP contribution in [0.15, 0.2) is 24.3 Å². The van der Waals surface area contributed by atoms with Gasteiger partial charge in [0.05, 0.1) is 0 Å². The summed E-state index contributed by atoms with van der Waals surface area (Å²) in [6, 6.07) is 8.08. The van der Waals surface area contributed by atoms with Crippen molar-refractivity contribution in [1.82, 2.24) is 4.90 Å². The third-order valence-corrected chi connectivity index (χ3v) is 4.35. The van der Waals surface area contributed by atoms with Crippen molar-refractivity contribution in [2.75, 3.05) is 13.1 Å². The predicted octanol–water partition coefficient (Wildman–Crippen LogP) is 4.01. The Bertz CT molecular complexity index is 501. The smallest absolute Gasteiger partial charge is 0.263 e. The number of carbonyl (C=O) groups excluding carboxylic acids is 1. The second kappa shape index (κ2) is 6.72. The zero-order chi connectivity index (χ0) is 16.3. The van der Waals surface area contributed by atoms with Crippen LogP contribution in [0.5, 0.6) is 5.75 Å². The van der Waals surface area contributed by atoms with E-state index in [1.165, 1.54) is 12.0 Å². The normalized spacial score (nSPS) is 20.6. The quantitative estimate of drug-likeness (QED) is 0.844. The summed E-state index contributed by atoms with van der Waals surface area (Å²) in [5, 5.41) is 0. The molecule has 1 aromatic rings. The standard InChI is InChI=1S/C19H29NO2/c1-14-7-6-12-20(13-14)18(21)15(2)22-17-10-8-16(9-11-17)19(3,4)5/h8-11,14-15H,6-7,12-13H2,1-5H3/t14-,15-/m1/s1. The number of piperidine rings is 1. The van der Waals surface area contributed by atoms with Gasteiger partial charge in [-0.05, 0) is 48.8 Å². The first-order valence-electron chi connectivity index (χ1n) is 8.33. The number of rotatable bonds is 3. The first-order chi connectivity index (χ1) is 10.3. The highest BCUT2D eigenvalue weighted by molar-refractivity contribution is 5.81. The SMILES string of the molecule is C[C@@H]1CCCN(C(=O)[C@@H](C)Oc2ccc(C(C)(C)C)cc2)C1. The molecule has 1 amide bonds. The molecule has 1 fully saturated rings. The molecule has 1 saturated heterocycles. The lowest BCUT2D eigenvalue weighted by Crippen LogP contribution is -2.45. The van der Waals surface area contributed by atoms with E-state index in [0.29, 0.717) is 5.92 Å². The van der Waals surface area contributed by atoms with Crippen LogP contribution in [0, 0.1) is 5.92 Å². The largest absolute Gasteiger partial charge is 0.481 e. The summed E-state index contributed by atoms with van der Waals surface area (Å²) in [6.45, 7) is 12.3. The second-order valence-corrected chi connectivity index (χ2v) is 7.57. The van der Waals surface area contributed by atoms with Crippen LogP contribution in [-0.4, -0.2) is 30.0 Å². The van der Waals surface area contributed by atoms with E-state index in [4.69, 9.17) is 4.74 Å². The van der Waals surface area contributed by atoms with Gasteiger partial charge in [-0.3, -0.25) is 4.79 Å². The Kier molecular flexibility index (Phi) is 5.15. The summed E-state index contributed by atoms with van der Waals surface area (Å²) in [4.78, 5) is 14.4. The molecule has 22 heavy (non-hydrogen) atoms. The number of ether oxygens (including phenoxy) is 1. The van der Waals surface area contributed by atoms with Crippen LogP contribution in [0.25, 0.3) is 0 Å². The molecule has 1 heterocycles. The average molecular weight is 303 g/mol. The Hall–Kier alpha value is -1.51. The van der Waals surface area contributed by atoms with Crippen molar-refractivity contribution in [2.24, 2.45) is 5.92 Å². The van der Waals surface area contributed by atoms with Crippen LogP contribution in [0.1, 0.15) is 53.0 Å². The Morgan fingerprint density at radius 1 is 1.27 bits per heavy atom. The van der Waals surface area contributed by atoms with E-state index in [-0.39, 0.29) is 11.3 Å². The van der Waals surface area contributed by atoms with Gasteiger partial charge in [0, 0.05) is 13.1 Å². The number of hydrogen-bond donors (Lipinski definition) is 0. The summed E-state index contributed by atoms with van der Waals surface area (Å²) in [6.07, 6.45) is 1.89. The third kappa shape index (κ3) is 4.25. The lowest BCUT2D eigenvalue weighted by atomic mass is 9.87. The molecule has 2 rings (SSSR count). The number of amides is 1. The summed E-state index contributed by atoms with van der Waals surface area (Å²) >= 11 is 0. The van der Waals surface area contributed by atoms with Crippen LogP contribution >= 0.6 is 0 Å². The molecule has 0 unspecified atom stereocenters. The maximum absolute atomic E-state index is 12.5. The van der Waals surface area contributed by atoms with Crippen LogP contribution in [0.3, 0.4) is 0 Å². The number of benzene rings is 1. The van der Waals surface area contributed by atoms with Crippen LogP contribution in [-0.2, 0) is 10.2 Å². The van der Waals surface area contributed by atoms with E-state index in [2.05, 4.69) is 39.8 Å². The van der Waals surface area contributed by atoms with Crippen molar-refractivity contribution >= 4 is 5.91 Å². The molecule has 3 heteroatoms. The van der Waals surface area contributed by atoms with Gasteiger partial charge >= 0.3 is 0 Å². The van der Waals surface area contributed by atoms with Crippen molar-refractivity contribution in [1.29, 1.82) is 0 Å². The molecule has 0 aromatic heterocycles. The molecule has 2 atom stereocenters. The number of likely N-dealkylation sites (tertiary alicyclic amines) is 1. The second-order valence-electron chi connectivity index (χ2n) is 7.57. The van der Waals surface area contributed by atoms with Gasteiger partial charge in [-0.1, -0.05) is 39.8 Å². The zero-order valence-corrected chi connectivity index (χ0v) is 14.6. The summed E-state index contributed by atoms with van der Waals surface area (Å²) < 4.78 is 5.84. The van der Waals surface area contributed by atoms with Crippen molar-refractivity contribution in [2.45, 2.75) is 59.0 Å². The predicted molar refractivity (Wildman–Crippen MR) is 90.2 cm³/mol. The van der Waals surface area contributed by atoms with Gasteiger partial charge in [-0.15, -0.1) is 0 Å². The Morgan fingerprint density at radius 3 is 2.45 bits per heavy atom. The van der Waals surface area contributed by atoms with E-state index in [1.807, 2.05) is 24.0 Å². The Balaban J connectivity index is 1.96. The molecule has 3 nitrogen and oxygen atoms in total. The van der Waals surface area contributed by atoms with Crippen molar-refractivity contribution < 1.29 is 9.53 Å². The lowest BCUT2D eigenvalue weighted by molar-refractivity contribution is -0.139. The Labute approximate surface area is 134 Å². The topological polar surface area (TPSA) is 29.5 Å². The first-order valence-corrected chi connectivity index (χ1v) is 8.33. The van der Waals surface area contributed by atoms with E-state index in [0.717, 1.165) is 25.3 Å². The lowest BCUT2D eigenvalue weighted by Gasteiger charge is -2.32. The minimum absolute atomic E-state index is 0.103. The molecule has 122 valence electrons. The highest BCUT2D eigenvalue weighted by Gasteiger charge is 2.26. The molecule has 0 N–H and O–H groups in total. The van der Waals surface area contributed by atoms with E-state index < -0.39 is 6.10 Å². The fourth-order valence-corrected chi connectivity index (χ4v) is 2.93. The molecule has 0 spiro atoms. The van der Waals surface area contributed by atoms with Crippen LogP contribution in [0.4, 0.5) is 0 Å². The number of nitrogens with zero attached hydrogens (tertiary/aromatic N) is 1. The van der Waals surface area contributed by atoms with E-state index in [9.17, 15) is 4.79 Å². The molecule has 0 saturated carbocycles. The summed E-state index contributed by atoms with van der Waals surface area (Å²) in [7, 11) is 0. The summed E-state index contributed by atoms with van der Waals surface area (Å²) in [5.41, 5.74) is 1.40. The average Bonchev–Trinajstić information content (AvgIpc) is 2.46. The van der Waals surface area contributed by atoms with Gasteiger partial charge in [-0.25, -0.2) is 0 Å². The minimum atomic E-state index is -0.425. The van der Waals surface area contributed by atoms with Crippen LogP contribution < -0.4 is 4.74 Å². The molecular weight excluding hydrogens is 274 g/mol. The maximum Gasteiger partial charge on any atom is 0.263 e. The molecule has 0 radical (unpaired) electrons. The van der Waals surface area contributed by atoms with E-state index in [1.54, 1.807) is 0 Å². The van der Waals surface area contributed by atoms with Gasteiger partial charge in [0.25, 0.3) is 5.91 Å². The fourth-order valence-electron chi connectivity index (χ4n) is 2.93. The monoisotopic (exact) mass is 303 g/mol. The summed E-state index contributed by atoms with van der Waals surface area (Å²) in [5.74, 6) is 1.46. The highest BCUT2D eigenvalue weighted by Crippen LogP contribution is 2.25. The molecule has 0 aliphatic carbocycles. The molecule has 1 aliphatic heterocycles. The molecule has 0 bridgehead atoms. The van der Waals surface area contributed by atoms with Gasteiger partial charge in [0.2, 0.25) is 0 Å². The van der Waals surface area contributed by atoms with Crippen LogP contribution in [0.2, 0.25) is 0 Å². The van der Waals surface area contributed by atoms with Gasteiger partial charge in [0.1, 0.15) is 5.75 Å².